The summed E-state index contributed by atoms with van der Waals surface area (Å²) >= 11 is 0. The molecule has 1 rings (SSSR count). The van der Waals surface area contributed by atoms with Gasteiger partial charge in [0.15, 0.2) is 5.79 Å². The Hall–Kier alpha value is -0.340. The van der Waals surface area contributed by atoms with E-state index in [-0.39, 0.29) is 5.79 Å². The zero-order valence-corrected chi connectivity index (χ0v) is 8.06. The van der Waals surface area contributed by atoms with Crippen LogP contribution in [0.5, 0.6) is 0 Å². The smallest absolute Gasteiger partial charge is 0.165 e. The Kier molecular flexibility index (Phi) is 3.29. The van der Waals surface area contributed by atoms with Gasteiger partial charge in [-0.05, 0) is 26.7 Å². The van der Waals surface area contributed by atoms with Gasteiger partial charge in [0.25, 0.3) is 0 Å². The summed E-state index contributed by atoms with van der Waals surface area (Å²) < 4.78 is 10.9. The molecule has 0 N–H and O–H groups in total. The quantitative estimate of drug-likeness (QED) is 0.603. The monoisotopic (exact) mass is 170 g/mol. The SMILES string of the molecule is C=C(C)CCCC1(C)OCCO1. The number of allylic oxidation sites excluding steroid dienone is 1. The second kappa shape index (κ2) is 4.06. The van der Waals surface area contributed by atoms with Gasteiger partial charge in [-0.1, -0.05) is 5.57 Å². The lowest BCUT2D eigenvalue weighted by molar-refractivity contribution is -0.147. The second-order valence-corrected chi connectivity index (χ2v) is 3.64. The van der Waals surface area contributed by atoms with Crippen LogP contribution in [-0.4, -0.2) is 19.0 Å². The molecule has 2 heteroatoms. The summed E-state index contributed by atoms with van der Waals surface area (Å²) in [5.74, 6) is -0.310. The fourth-order valence-electron chi connectivity index (χ4n) is 1.41. The fourth-order valence-corrected chi connectivity index (χ4v) is 1.41. The number of ether oxygens (including phenoxy) is 2. The number of hydrogen-bond acceptors (Lipinski definition) is 2. The molecule has 0 saturated carbocycles. The molecule has 1 fully saturated rings. The van der Waals surface area contributed by atoms with Crippen molar-refractivity contribution in [3.8, 4) is 0 Å². The molecular weight excluding hydrogens is 152 g/mol. The lowest BCUT2D eigenvalue weighted by atomic mass is 10.1. The summed E-state index contributed by atoms with van der Waals surface area (Å²) in [6.07, 6.45) is 3.15. The molecule has 2 nitrogen and oxygen atoms in total. The lowest BCUT2D eigenvalue weighted by Crippen LogP contribution is -2.24. The van der Waals surface area contributed by atoms with Crippen molar-refractivity contribution in [1.29, 1.82) is 0 Å². The van der Waals surface area contributed by atoms with E-state index in [4.69, 9.17) is 9.47 Å². The normalized spacial score (nSPS) is 21.2. The van der Waals surface area contributed by atoms with Crippen molar-refractivity contribution in [3.63, 3.8) is 0 Å². The first-order chi connectivity index (χ1) is 5.62. The van der Waals surface area contributed by atoms with Crippen LogP contribution in [0.1, 0.15) is 33.1 Å². The molecular formula is C10H18O2. The number of hydrogen-bond donors (Lipinski definition) is 0. The molecule has 0 atom stereocenters. The Labute approximate surface area is 74.6 Å². The van der Waals surface area contributed by atoms with E-state index in [0.29, 0.717) is 0 Å². The Morgan fingerprint density at radius 1 is 1.42 bits per heavy atom. The van der Waals surface area contributed by atoms with Crippen molar-refractivity contribution >= 4 is 0 Å². The minimum Gasteiger partial charge on any atom is -0.348 e. The van der Waals surface area contributed by atoms with E-state index in [0.717, 1.165) is 32.5 Å². The van der Waals surface area contributed by atoms with Gasteiger partial charge in [0.2, 0.25) is 0 Å². The predicted molar refractivity (Wildman–Crippen MR) is 49.0 cm³/mol. The van der Waals surface area contributed by atoms with Gasteiger partial charge in [0.1, 0.15) is 0 Å². The first-order valence-electron chi connectivity index (χ1n) is 4.55. The van der Waals surface area contributed by atoms with E-state index in [9.17, 15) is 0 Å². The fraction of sp³-hybridized carbons (Fsp3) is 0.800. The summed E-state index contributed by atoms with van der Waals surface area (Å²) in [6, 6.07) is 0. The molecule has 0 amide bonds. The molecule has 1 saturated heterocycles. The van der Waals surface area contributed by atoms with E-state index in [1.54, 1.807) is 0 Å². The molecule has 0 aliphatic carbocycles. The molecule has 0 unspecified atom stereocenters. The third-order valence-corrected chi connectivity index (χ3v) is 2.13. The van der Waals surface area contributed by atoms with Crippen molar-refractivity contribution in [3.05, 3.63) is 12.2 Å². The van der Waals surface area contributed by atoms with Crippen LogP contribution in [0, 0.1) is 0 Å². The van der Waals surface area contributed by atoms with Crippen LogP contribution in [0.15, 0.2) is 12.2 Å². The van der Waals surface area contributed by atoms with Gasteiger partial charge in [-0.2, -0.15) is 0 Å². The maximum atomic E-state index is 5.47. The van der Waals surface area contributed by atoms with Crippen LogP contribution in [0.4, 0.5) is 0 Å². The van der Waals surface area contributed by atoms with E-state index >= 15 is 0 Å². The highest BCUT2D eigenvalue weighted by molar-refractivity contribution is 4.88. The topological polar surface area (TPSA) is 18.5 Å². The Morgan fingerprint density at radius 2 is 2.00 bits per heavy atom. The molecule has 0 aromatic rings. The third-order valence-electron chi connectivity index (χ3n) is 2.13. The molecule has 1 heterocycles. The molecule has 0 radical (unpaired) electrons. The van der Waals surface area contributed by atoms with Gasteiger partial charge in [0, 0.05) is 6.42 Å². The van der Waals surface area contributed by atoms with Crippen molar-refractivity contribution in [2.75, 3.05) is 13.2 Å². The average Bonchev–Trinajstić information content (AvgIpc) is 2.35. The van der Waals surface area contributed by atoms with Gasteiger partial charge >= 0.3 is 0 Å². The predicted octanol–water partition coefficient (Wildman–Crippen LogP) is 2.50. The summed E-state index contributed by atoms with van der Waals surface area (Å²) in [5, 5.41) is 0. The zero-order valence-electron chi connectivity index (χ0n) is 8.06. The first kappa shape index (κ1) is 9.75. The highest BCUT2D eigenvalue weighted by Crippen LogP contribution is 2.25. The molecule has 12 heavy (non-hydrogen) atoms. The third kappa shape index (κ3) is 2.95. The molecule has 1 aliphatic heterocycles. The van der Waals surface area contributed by atoms with Crippen molar-refractivity contribution in [1.82, 2.24) is 0 Å². The molecule has 70 valence electrons. The average molecular weight is 170 g/mol. The first-order valence-corrected chi connectivity index (χ1v) is 4.55. The van der Waals surface area contributed by atoms with Crippen molar-refractivity contribution in [2.24, 2.45) is 0 Å². The van der Waals surface area contributed by atoms with Gasteiger partial charge in [-0.3, -0.25) is 0 Å². The largest absolute Gasteiger partial charge is 0.348 e. The van der Waals surface area contributed by atoms with Gasteiger partial charge in [-0.15, -0.1) is 6.58 Å². The Morgan fingerprint density at radius 3 is 2.50 bits per heavy atom. The minimum absolute atomic E-state index is 0.310. The molecule has 0 aromatic heterocycles. The molecule has 0 spiro atoms. The van der Waals surface area contributed by atoms with Gasteiger partial charge in [-0.25, -0.2) is 0 Å². The highest BCUT2D eigenvalue weighted by Gasteiger charge is 2.29. The van der Waals surface area contributed by atoms with Gasteiger partial charge < -0.3 is 9.47 Å². The second-order valence-electron chi connectivity index (χ2n) is 3.64. The van der Waals surface area contributed by atoms with Crippen LogP contribution in [-0.2, 0) is 9.47 Å². The van der Waals surface area contributed by atoms with E-state index in [1.165, 1.54) is 5.57 Å². The maximum absolute atomic E-state index is 5.47. The van der Waals surface area contributed by atoms with Crippen LogP contribution in [0.3, 0.4) is 0 Å². The van der Waals surface area contributed by atoms with Crippen LogP contribution >= 0.6 is 0 Å². The van der Waals surface area contributed by atoms with E-state index < -0.39 is 0 Å². The standard InChI is InChI=1S/C10H18O2/c1-9(2)5-4-6-10(3)11-7-8-12-10/h1,4-8H2,2-3H3. The lowest BCUT2D eigenvalue weighted by Gasteiger charge is -2.21. The van der Waals surface area contributed by atoms with Crippen LogP contribution < -0.4 is 0 Å². The van der Waals surface area contributed by atoms with Gasteiger partial charge in [0.05, 0.1) is 13.2 Å². The maximum Gasteiger partial charge on any atom is 0.165 e. The van der Waals surface area contributed by atoms with E-state index in [1.807, 2.05) is 6.92 Å². The van der Waals surface area contributed by atoms with Crippen molar-refractivity contribution in [2.45, 2.75) is 38.9 Å². The van der Waals surface area contributed by atoms with Crippen LogP contribution in [0.2, 0.25) is 0 Å². The molecule has 1 aliphatic rings. The van der Waals surface area contributed by atoms with Crippen LogP contribution in [0.25, 0.3) is 0 Å². The zero-order chi connectivity index (χ0) is 9.03. The molecule has 0 aromatic carbocycles. The Bertz CT molecular complexity index is 157. The van der Waals surface area contributed by atoms with Crippen molar-refractivity contribution < 1.29 is 9.47 Å². The summed E-state index contributed by atoms with van der Waals surface area (Å²) in [5.41, 5.74) is 1.23. The summed E-state index contributed by atoms with van der Waals surface area (Å²) in [4.78, 5) is 0. The summed E-state index contributed by atoms with van der Waals surface area (Å²) in [7, 11) is 0. The Balaban J connectivity index is 2.17. The minimum atomic E-state index is -0.310. The summed E-state index contributed by atoms with van der Waals surface area (Å²) in [6.45, 7) is 9.41. The number of rotatable bonds is 4. The van der Waals surface area contributed by atoms with E-state index in [2.05, 4.69) is 13.5 Å². The molecule has 0 bridgehead atoms. The highest BCUT2D eigenvalue weighted by atomic mass is 16.7.